The molecule has 1 aliphatic heterocycles. The van der Waals surface area contributed by atoms with E-state index < -0.39 is 11.8 Å². The molecule has 176 valence electrons. The maximum absolute atomic E-state index is 13.1. The van der Waals surface area contributed by atoms with Crippen LogP contribution in [0.1, 0.15) is 38.3 Å². The van der Waals surface area contributed by atoms with Crippen LogP contribution in [0.3, 0.4) is 0 Å². The van der Waals surface area contributed by atoms with Crippen molar-refractivity contribution in [3.63, 3.8) is 0 Å². The summed E-state index contributed by atoms with van der Waals surface area (Å²) in [5, 5.41) is 9.51. The number of carbonyl (C=O) groups is 2. The normalized spacial score (nSPS) is 15.3. The Balaban J connectivity index is 1.74. The summed E-state index contributed by atoms with van der Waals surface area (Å²) in [6.07, 6.45) is 2.21. The number of halogens is 1. The zero-order chi connectivity index (χ0) is 24.7. The second-order valence-corrected chi connectivity index (χ2v) is 8.19. The van der Waals surface area contributed by atoms with E-state index >= 15 is 0 Å². The zero-order valence-electron chi connectivity index (χ0n) is 19.5. The lowest BCUT2D eigenvalue weighted by atomic mass is 9.93. The van der Waals surface area contributed by atoms with E-state index in [0.717, 1.165) is 16.0 Å². The van der Waals surface area contributed by atoms with Crippen LogP contribution in [-0.4, -0.2) is 36.0 Å². The highest BCUT2D eigenvalue weighted by Gasteiger charge is 2.35. The molecule has 6 nitrogen and oxygen atoms in total. The Kier molecular flexibility index (Phi) is 8.34. The van der Waals surface area contributed by atoms with E-state index in [4.69, 9.17) is 9.47 Å². The SMILES string of the molecule is CC1=C(C#N)C(=O)N(CCCOC(C)C)C(=O)/C1=C/c1ccc(OCc2ccc(F)cc2)cc1. The predicted octanol–water partition coefficient (Wildman–Crippen LogP) is 4.81. The fraction of sp³-hybridized carbons (Fsp3) is 0.296. The minimum atomic E-state index is -0.573. The Labute approximate surface area is 198 Å². The number of nitriles is 1. The van der Waals surface area contributed by atoms with Crippen molar-refractivity contribution in [3.05, 3.63) is 82.2 Å². The molecule has 34 heavy (non-hydrogen) atoms. The second-order valence-electron chi connectivity index (χ2n) is 8.19. The molecule has 0 bridgehead atoms. The monoisotopic (exact) mass is 462 g/mol. The smallest absolute Gasteiger partial charge is 0.271 e. The van der Waals surface area contributed by atoms with Crippen LogP contribution in [0.5, 0.6) is 5.75 Å². The first-order valence-electron chi connectivity index (χ1n) is 11.1. The number of carbonyl (C=O) groups excluding carboxylic acids is 2. The number of benzene rings is 2. The standard InChI is InChI=1S/C27H27FN2O4/c1-18(2)33-14-4-13-30-26(31)24(19(3)25(16-29)27(30)32)15-20-7-11-23(12-8-20)34-17-21-5-9-22(28)10-6-21/h5-12,15,18H,4,13-14,17H2,1-3H3/b24-15+. The topological polar surface area (TPSA) is 79.6 Å². The van der Waals surface area contributed by atoms with Crippen LogP contribution in [0, 0.1) is 17.1 Å². The van der Waals surface area contributed by atoms with Gasteiger partial charge in [0.25, 0.3) is 11.8 Å². The summed E-state index contributed by atoms with van der Waals surface area (Å²) in [6, 6.07) is 15.1. The molecular formula is C27H27FN2O4. The van der Waals surface area contributed by atoms with Crippen LogP contribution in [0.4, 0.5) is 4.39 Å². The number of rotatable bonds is 9. The van der Waals surface area contributed by atoms with Gasteiger partial charge in [0.15, 0.2) is 0 Å². The average Bonchev–Trinajstić information content (AvgIpc) is 2.82. The van der Waals surface area contributed by atoms with E-state index in [1.165, 1.54) is 12.1 Å². The molecule has 0 fully saturated rings. The number of amides is 2. The fourth-order valence-corrected chi connectivity index (χ4v) is 3.45. The van der Waals surface area contributed by atoms with Crippen LogP contribution in [0.15, 0.2) is 65.3 Å². The van der Waals surface area contributed by atoms with Gasteiger partial charge in [-0.2, -0.15) is 5.26 Å². The van der Waals surface area contributed by atoms with Gasteiger partial charge in [0, 0.05) is 18.7 Å². The van der Waals surface area contributed by atoms with E-state index in [0.29, 0.717) is 36.5 Å². The van der Waals surface area contributed by atoms with E-state index in [1.807, 2.05) is 19.9 Å². The molecule has 0 radical (unpaired) electrons. The first-order chi connectivity index (χ1) is 16.3. The second kappa shape index (κ2) is 11.4. The van der Waals surface area contributed by atoms with Gasteiger partial charge in [0.2, 0.25) is 0 Å². The molecule has 1 heterocycles. The zero-order valence-corrected chi connectivity index (χ0v) is 19.5. The van der Waals surface area contributed by atoms with Crippen molar-refractivity contribution in [2.24, 2.45) is 0 Å². The van der Waals surface area contributed by atoms with Crippen molar-refractivity contribution in [2.75, 3.05) is 13.2 Å². The van der Waals surface area contributed by atoms with E-state index in [9.17, 15) is 19.2 Å². The van der Waals surface area contributed by atoms with Gasteiger partial charge in [-0.1, -0.05) is 24.3 Å². The molecule has 2 aromatic rings. The maximum Gasteiger partial charge on any atom is 0.271 e. The Morgan fingerprint density at radius 1 is 1.06 bits per heavy atom. The quantitative estimate of drug-likeness (QED) is 0.304. The van der Waals surface area contributed by atoms with Crippen LogP contribution in [0.2, 0.25) is 0 Å². The number of hydrogen-bond donors (Lipinski definition) is 0. The third kappa shape index (κ3) is 6.18. The Morgan fingerprint density at radius 3 is 2.35 bits per heavy atom. The van der Waals surface area contributed by atoms with Crippen molar-refractivity contribution in [1.82, 2.24) is 4.90 Å². The Hall–Kier alpha value is -3.76. The van der Waals surface area contributed by atoms with Gasteiger partial charge in [0.1, 0.15) is 29.8 Å². The van der Waals surface area contributed by atoms with E-state index in [2.05, 4.69) is 0 Å². The summed E-state index contributed by atoms with van der Waals surface area (Å²) in [4.78, 5) is 26.9. The van der Waals surface area contributed by atoms with Gasteiger partial charge in [-0.3, -0.25) is 14.5 Å². The molecule has 1 aliphatic rings. The minimum absolute atomic E-state index is 0.0325. The van der Waals surface area contributed by atoms with Crippen molar-refractivity contribution in [1.29, 1.82) is 5.26 Å². The number of hydrogen-bond acceptors (Lipinski definition) is 5. The molecule has 0 aliphatic carbocycles. The Bertz CT molecular complexity index is 1140. The van der Waals surface area contributed by atoms with Crippen LogP contribution < -0.4 is 4.74 Å². The molecule has 0 N–H and O–H groups in total. The van der Waals surface area contributed by atoms with Crippen molar-refractivity contribution in [3.8, 4) is 11.8 Å². The molecule has 7 heteroatoms. The minimum Gasteiger partial charge on any atom is -0.489 e. The highest BCUT2D eigenvalue weighted by atomic mass is 19.1. The molecule has 0 spiro atoms. The van der Waals surface area contributed by atoms with Crippen LogP contribution >= 0.6 is 0 Å². The number of imide groups is 1. The third-order valence-electron chi connectivity index (χ3n) is 5.31. The first kappa shape index (κ1) is 24.9. The molecule has 0 unspecified atom stereocenters. The lowest BCUT2D eigenvalue weighted by molar-refractivity contribution is -0.140. The van der Waals surface area contributed by atoms with Crippen molar-refractivity contribution < 1.29 is 23.5 Å². The summed E-state index contributed by atoms with van der Waals surface area (Å²) in [5.74, 6) is -0.682. The molecule has 0 atom stereocenters. The summed E-state index contributed by atoms with van der Waals surface area (Å²) in [6.45, 7) is 6.33. The molecule has 0 aromatic heterocycles. The van der Waals surface area contributed by atoms with Gasteiger partial charge in [-0.25, -0.2) is 4.39 Å². The summed E-state index contributed by atoms with van der Waals surface area (Å²) >= 11 is 0. The summed E-state index contributed by atoms with van der Waals surface area (Å²) in [5.41, 5.74) is 2.21. The maximum atomic E-state index is 13.1. The molecule has 2 aromatic carbocycles. The predicted molar refractivity (Wildman–Crippen MR) is 126 cm³/mol. The van der Waals surface area contributed by atoms with E-state index in [1.54, 1.807) is 49.4 Å². The molecule has 0 saturated heterocycles. The van der Waals surface area contributed by atoms with Crippen LogP contribution in [0.25, 0.3) is 6.08 Å². The fourth-order valence-electron chi connectivity index (χ4n) is 3.45. The molecule has 0 saturated carbocycles. The van der Waals surface area contributed by atoms with Gasteiger partial charge in [0.05, 0.1) is 6.10 Å². The highest BCUT2D eigenvalue weighted by Crippen LogP contribution is 2.27. The highest BCUT2D eigenvalue weighted by molar-refractivity contribution is 6.19. The van der Waals surface area contributed by atoms with Crippen molar-refractivity contribution in [2.45, 2.75) is 39.9 Å². The van der Waals surface area contributed by atoms with E-state index in [-0.39, 0.29) is 24.0 Å². The van der Waals surface area contributed by atoms with Crippen molar-refractivity contribution >= 4 is 17.9 Å². The Morgan fingerprint density at radius 2 is 1.74 bits per heavy atom. The molecule has 3 rings (SSSR count). The van der Waals surface area contributed by atoms with Gasteiger partial charge in [-0.15, -0.1) is 0 Å². The van der Waals surface area contributed by atoms with Crippen LogP contribution in [-0.2, 0) is 20.9 Å². The van der Waals surface area contributed by atoms with Gasteiger partial charge in [-0.05, 0) is 74.2 Å². The molecule has 2 amide bonds. The largest absolute Gasteiger partial charge is 0.489 e. The lowest BCUT2D eigenvalue weighted by Gasteiger charge is -2.27. The van der Waals surface area contributed by atoms with Gasteiger partial charge >= 0.3 is 0 Å². The summed E-state index contributed by atoms with van der Waals surface area (Å²) < 4.78 is 24.2. The third-order valence-corrected chi connectivity index (χ3v) is 5.31. The first-order valence-corrected chi connectivity index (χ1v) is 11.1. The van der Waals surface area contributed by atoms with Gasteiger partial charge < -0.3 is 9.47 Å². The molecular weight excluding hydrogens is 435 g/mol. The number of nitrogens with zero attached hydrogens (tertiary/aromatic N) is 2. The summed E-state index contributed by atoms with van der Waals surface area (Å²) in [7, 11) is 0. The lowest BCUT2D eigenvalue weighted by Crippen LogP contribution is -2.43. The average molecular weight is 463 g/mol. The number of ether oxygens (including phenoxy) is 2.